The van der Waals surface area contributed by atoms with Crippen LogP contribution in [0.5, 0.6) is 0 Å². The van der Waals surface area contributed by atoms with Crippen LogP contribution < -0.4 is 5.32 Å². The molecule has 114 valence electrons. The number of nitriles is 1. The number of carbonyl (C=O) groups excluding carboxylic acids is 1. The molecule has 1 saturated carbocycles. The van der Waals surface area contributed by atoms with Crippen molar-refractivity contribution in [2.24, 2.45) is 0 Å². The molecule has 1 amide bonds. The smallest absolute Gasteiger partial charge is 0.269 e. The molecule has 0 radical (unpaired) electrons. The molecular formula is C16H17N3O3. The highest BCUT2D eigenvalue weighted by Crippen LogP contribution is 2.18. The molecule has 0 aromatic heterocycles. The molecule has 0 unspecified atom stereocenters. The summed E-state index contributed by atoms with van der Waals surface area (Å²) in [7, 11) is 0. The monoisotopic (exact) mass is 299 g/mol. The minimum atomic E-state index is -0.492. The maximum absolute atomic E-state index is 12.1. The third kappa shape index (κ3) is 4.16. The van der Waals surface area contributed by atoms with Crippen molar-refractivity contribution >= 4 is 17.7 Å². The van der Waals surface area contributed by atoms with Crippen molar-refractivity contribution in [3.63, 3.8) is 0 Å². The zero-order chi connectivity index (χ0) is 15.9. The highest BCUT2D eigenvalue weighted by Gasteiger charge is 2.18. The summed E-state index contributed by atoms with van der Waals surface area (Å²) >= 11 is 0. The quantitative estimate of drug-likeness (QED) is 0.400. The van der Waals surface area contributed by atoms with E-state index in [1.807, 2.05) is 6.07 Å². The second-order valence-electron chi connectivity index (χ2n) is 5.33. The van der Waals surface area contributed by atoms with Crippen LogP contribution in [0.15, 0.2) is 29.8 Å². The predicted molar refractivity (Wildman–Crippen MR) is 81.7 cm³/mol. The first-order valence-corrected chi connectivity index (χ1v) is 7.27. The molecule has 0 bridgehead atoms. The molecule has 1 N–H and O–H groups in total. The standard InChI is InChI=1S/C16H17N3O3/c17-11-13(16(20)18-14-4-2-1-3-5-14)10-12-6-8-15(9-7-12)19(21)22/h6-10,14H,1-5H2,(H,18,20)/b13-10-. The molecule has 1 aromatic carbocycles. The third-order valence-electron chi connectivity index (χ3n) is 3.72. The maximum Gasteiger partial charge on any atom is 0.269 e. The van der Waals surface area contributed by atoms with Crippen molar-refractivity contribution in [2.45, 2.75) is 38.1 Å². The van der Waals surface area contributed by atoms with Crippen LogP contribution in [0.2, 0.25) is 0 Å². The van der Waals surface area contributed by atoms with Gasteiger partial charge in [0.05, 0.1) is 4.92 Å². The molecule has 0 aliphatic heterocycles. The molecule has 1 aliphatic carbocycles. The fraction of sp³-hybridized carbons (Fsp3) is 0.375. The normalized spacial score (nSPS) is 15.9. The van der Waals surface area contributed by atoms with Gasteiger partial charge >= 0.3 is 0 Å². The Balaban J connectivity index is 2.07. The van der Waals surface area contributed by atoms with Gasteiger partial charge in [-0.1, -0.05) is 19.3 Å². The van der Waals surface area contributed by atoms with Crippen LogP contribution in [-0.4, -0.2) is 16.9 Å². The highest BCUT2D eigenvalue weighted by atomic mass is 16.6. The number of benzene rings is 1. The molecule has 1 fully saturated rings. The topological polar surface area (TPSA) is 96.0 Å². The van der Waals surface area contributed by atoms with Gasteiger partial charge in [0.25, 0.3) is 11.6 Å². The zero-order valence-electron chi connectivity index (χ0n) is 12.1. The van der Waals surface area contributed by atoms with Crippen molar-refractivity contribution in [1.29, 1.82) is 5.26 Å². The summed E-state index contributed by atoms with van der Waals surface area (Å²) in [6, 6.07) is 7.76. The fourth-order valence-corrected chi connectivity index (χ4v) is 2.52. The number of hydrogen-bond acceptors (Lipinski definition) is 4. The number of amides is 1. The minimum absolute atomic E-state index is 0.0134. The molecule has 0 spiro atoms. The van der Waals surface area contributed by atoms with Crippen LogP contribution in [0.1, 0.15) is 37.7 Å². The average molecular weight is 299 g/mol. The van der Waals surface area contributed by atoms with E-state index in [2.05, 4.69) is 5.32 Å². The predicted octanol–water partition coefficient (Wildman–Crippen LogP) is 2.95. The number of nitrogens with one attached hydrogen (secondary N) is 1. The SMILES string of the molecule is N#C/C(=C/c1ccc([N+](=O)[O-])cc1)C(=O)NC1CCCCC1. The number of carbonyl (C=O) groups is 1. The van der Waals surface area contributed by atoms with Gasteiger partial charge in [-0.3, -0.25) is 14.9 Å². The Morgan fingerprint density at radius 1 is 1.27 bits per heavy atom. The second-order valence-corrected chi connectivity index (χ2v) is 5.33. The van der Waals surface area contributed by atoms with Crippen molar-refractivity contribution in [1.82, 2.24) is 5.32 Å². The van der Waals surface area contributed by atoms with E-state index in [0.29, 0.717) is 5.56 Å². The lowest BCUT2D eigenvalue weighted by molar-refractivity contribution is -0.384. The lowest BCUT2D eigenvalue weighted by atomic mass is 9.95. The fourth-order valence-electron chi connectivity index (χ4n) is 2.52. The Bertz CT molecular complexity index is 623. The Morgan fingerprint density at radius 3 is 2.45 bits per heavy atom. The Kier molecular flexibility index (Phi) is 5.26. The number of nitro benzene ring substituents is 1. The molecule has 6 heteroatoms. The second kappa shape index (κ2) is 7.36. The van der Waals surface area contributed by atoms with Crippen molar-refractivity contribution in [3.8, 4) is 6.07 Å². The van der Waals surface area contributed by atoms with E-state index in [1.165, 1.54) is 36.8 Å². The van der Waals surface area contributed by atoms with Crippen LogP contribution in [0.4, 0.5) is 5.69 Å². The van der Waals surface area contributed by atoms with Gasteiger partial charge in [-0.15, -0.1) is 0 Å². The molecule has 22 heavy (non-hydrogen) atoms. The molecule has 0 heterocycles. The molecule has 1 aliphatic rings. The minimum Gasteiger partial charge on any atom is -0.349 e. The molecule has 1 aromatic rings. The first-order chi connectivity index (χ1) is 10.6. The van der Waals surface area contributed by atoms with Gasteiger partial charge in [0.1, 0.15) is 11.6 Å². The van der Waals surface area contributed by atoms with Crippen LogP contribution in [0, 0.1) is 21.4 Å². The van der Waals surface area contributed by atoms with E-state index >= 15 is 0 Å². The molecule has 0 atom stereocenters. The van der Waals surface area contributed by atoms with Gasteiger partial charge in [0.15, 0.2) is 0 Å². The summed E-state index contributed by atoms with van der Waals surface area (Å²) in [4.78, 5) is 22.2. The highest BCUT2D eigenvalue weighted by molar-refractivity contribution is 6.01. The number of nitro groups is 1. The Hall–Kier alpha value is -2.68. The first kappa shape index (κ1) is 15.7. The van der Waals surface area contributed by atoms with Gasteiger partial charge in [-0.25, -0.2) is 0 Å². The van der Waals surface area contributed by atoms with E-state index in [9.17, 15) is 14.9 Å². The van der Waals surface area contributed by atoms with Crippen LogP contribution in [0.25, 0.3) is 6.08 Å². The van der Waals surface area contributed by atoms with Crippen LogP contribution in [0.3, 0.4) is 0 Å². The van der Waals surface area contributed by atoms with Crippen LogP contribution in [-0.2, 0) is 4.79 Å². The van der Waals surface area contributed by atoms with Gasteiger partial charge < -0.3 is 5.32 Å². The summed E-state index contributed by atoms with van der Waals surface area (Å²) in [6.07, 6.45) is 6.72. The summed E-state index contributed by atoms with van der Waals surface area (Å²) in [5.41, 5.74) is 0.572. The zero-order valence-corrected chi connectivity index (χ0v) is 12.1. The van der Waals surface area contributed by atoms with Crippen LogP contribution >= 0.6 is 0 Å². The summed E-state index contributed by atoms with van der Waals surface area (Å²) in [6.45, 7) is 0. The largest absolute Gasteiger partial charge is 0.349 e. The summed E-state index contributed by atoms with van der Waals surface area (Å²) < 4.78 is 0. The maximum atomic E-state index is 12.1. The van der Waals surface area contributed by atoms with Gasteiger partial charge in [-0.05, 0) is 36.6 Å². The number of nitrogens with zero attached hydrogens (tertiary/aromatic N) is 2. The lowest BCUT2D eigenvalue weighted by Crippen LogP contribution is -2.36. The van der Waals surface area contributed by atoms with E-state index in [4.69, 9.17) is 5.26 Å². The number of non-ortho nitro benzene ring substituents is 1. The van der Waals surface area contributed by atoms with E-state index in [0.717, 1.165) is 25.7 Å². The van der Waals surface area contributed by atoms with E-state index < -0.39 is 4.92 Å². The lowest BCUT2D eigenvalue weighted by Gasteiger charge is -2.22. The van der Waals surface area contributed by atoms with E-state index in [-0.39, 0.29) is 23.2 Å². The third-order valence-corrected chi connectivity index (χ3v) is 3.72. The Morgan fingerprint density at radius 2 is 1.91 bits per heavy atom. The molecule has 2 rings (SSSR count). The van der Waals surface area contributed by atoms with Crippen molar-refractivity contribution in [3.05, 3.63) is 45.5 Å². The molecule has 0 saturated heterocycles. The van der Waals surface area contributed by atoms with Crippen molar-refractivity contribution in [2.75, 3.05) is 0 Å². The Labute approximate surface area is 128 Å². The van der Waals surface area contributed by atoms with E-state index in [1.54, 1.807) is 0 Å². The number of hydrogen-bond donors (Lipinski definition) is 1. The first-order valence-electron chi connectivity index (χ1n) is 7.27. The number of rotatable bonds is 4. The summed E-state index contributed by atoms with van der Waals surface area (Å²) in [5.74, 6) is -0.382. The average Bonchev–Trinajstić information content (AvgIpc) is 2.53. The van der Waals surface area contributed by atoms with Gasteiger partial charge in [0.2, 0.25) is 0 Å². The molecular weight excluding hydrogens is 282 g/mol. The molecule has 6 nitrogen and oxygen atoms in total. The van der Waals surface area contributed by atoms with Gasteiger partial charge in [-0.2, -0.15) is 5.26 Å². The van der Waals surface area contributed by atoms with Crippen molar-refractivity contribution < 1.29 is 9.72 Å². The summed E-state index contributed by atoms with van der Waals surface area (Å²) in [5, 5.41) is 22.6. The van der Waals surface area contributed by atoms with Gasteiger partial charge in [0, 0.05) is 18.2 Å².